The van der Waals surface area contributed by atoms with Gasteiger partial charge in [0.2, 0.25) is 0 Å². The maximum Gasteiger partial charge on any atom is 0.407 e. The standard InChI is InChI=1S/C14H20N4O2S/c1-14(2,3)20-13(19)16-5-4-12-6-15-9-18(12)7-11-8-21-10-17-11/h6,8-10H,4-5,7H2,1-3H3,(H,16,19). The van der Waals surface area contributed by atoms with Gasteiger partial charge in [-0.3, -0.25) is 0 Å². The van der Waals surface area contributed by atoms with Crippen molar-refractivity contribution in [3.05, 3.63) is 34.8 Å². The lowest BCUT2D eigenvalue weighted by Crippen LogP contribution is -2.33. The smallest absolute Gasteiger partial charge is 0.407 e. The fourth-order valence-corrected chi connectivity index (χ4v) is 2.35. The number of hydrogen-bond acceptors (Lipinski definition) is 5. The number of alkyl carbamates (subject to hydrolysis) is 1. The average molecular weight is 308 g/mol. The molecule has 6 nitrogen and oxygen atoms in total. The van der Waals surface area contributed by atoms with Crippen LogP contribution in [0.2, 0.25) is 0 Å². The number of thiazole rings is 1. The highest BCUT2D eigenvalue weighted by Crippen LogP contribution is 2.08. The summed E-state index contributed by atoms with van der Waals surface area (Å²) in [6.45, 7) is 6.74. The molecule has 1 N–H and O–H groups in total. The number of carbonyl (C=O) groups is 1. The van der Waals surface area contributed by atoms with Crippen LogP contribution in [0, 0.1) is 0 Å². The van der Waals surface area contributed by atoms with E-state index in [0.717, 1.165) is 11.4 Å². The van der Waals surface area contributed by atoms with Gasteiger partial charge in [0.05, 0.1) is 24.1 Å². The van der Waals surface area contributed by atoms with Crippen molar-refractivity contribution in [3.63, 3.8) is 0 Å². The fourth-order valence-electron chi connectivity index (χ4n) is 1.80. The van der Waals surface area contributed by atoms with Crippen molar-refractivity contribution in [2.75, 3.05) is 6.54 Å². The van der Waals surface area contributed by atoms with E-state index in [2.05, 4.69) is 15.3 Å². The molecule has 7 heteroatoms. The Bertz CT molecular complexity index is 572. The summed E-state index contributed by atoms with van der Waals surface area (Å²) in [5, 5.41) is 4.76. The van der Waals surface area contributed by atoms with Gasteiger partial charge >= 0.3 is 6.09 Å². The Morgan fingerprint density at radius 2 is 2.29 bits per heavy atom. The summed E-state index contributed by atoms with van der Waals surface area (Å²) >= 11 is 1.58. The number of imidazole rings is 1. The summed E-state index contributed by atoms with van der Waals surface area (Å²) in [4.78, 5) is 20.0. The van der Waals surface area contributed by atoms with Gasteiger partial charge in [-0.2, -0.15) is 0 Å². The molecule has 2 aromatic rings. The number of nitrogens with one attached hydrogen (secondary N) is 1. The third kappa shape index (κ3) is 5.18. The van der Waals surface area contributed by atoms with Crippen LogP contribution in [0.3, 0.4) is 0 Å². The highest BCUT2D eigenvalue weighted by molar-refractivity contribution is 7.07. The van der Waals surface area contributed by atoms with Crippen LogP contribution < -0.4 is 5.32 Å². The molecule has 114 valence electrons. The second-order valence-electron chi connectivity index (χ2n) is 5.67. The van der Waals surface area contributed by atoms with E-state index in [4.69, 9.17) is 4.74 Å². The van der Waals surface area contributed by atoms with Crippen LogP contribution in [0.1, 0.15) is 32.2 Å². The quantitative estimate of drug-likeness (QED) is 0.921. The molecular formula is C14H20N4O2S. The summed E-state index contributed by atoms with van der Waals surface area (Å²) < 4.78 is 7.23. The van der Waals surface area contributed by atoms with Gasteiger partial charge in [0.1, 0.15) is 5.60 Å². The zero-order chi connectivity index (χ0) is 15.3. The first-order valence-corrected chi connectivity index (χ1v) is 7.71. The van der Waals surface area contributed by atoms with E-state index in [1.807, 2.05) is 42.4 Å². The molecule has 1 amide bonds. The van der Waals surface area contributed by atoms with Gasteiger partial charge in [0, 0.05) is 30.2 Å². The molecule has 0 aliphatic heterocycles. The Labute approximate surface area is 128 Å². The van der Waals surface area contributed by atoms with Crippen LogP contribution in [0.25, 0.3) is 0 Å². The molecule has 0 unspecified atom stereocenters. The Kier molecular flexibility index (Phi) is 4.95. The van der Waals surface area contributed by atoms with Crippen molar-refractivity contribution in [2.24, 2.45) is 0 Å². The number of carbonyl (C=O) groups excluding carboxylic acids is 1. The molecule has 2 heterocycles. The SMILES string of the molecule is CC(C)(C)OC(=O)NCCc1cncn1Cc1cscn1. The van der Waals surface area contributed by atoms with Crippen LogP contribution >= 0.6 is 11.3 Å². The first-order valence-electron chi connectivity index (χ1n) is 6.77. The van der Waals surface area contributed by atoms with Crippen molar-refractivity contribution < 1.29 is 9.53 Å². The molecule has 0 aliphatic carbocycles. The second-order valence-corrected chi connectivity index (χ2v) is 6.39. The first-order chi connectivity index (χ1) is 9.94. The van der Waals surface area contributed by atoms with Crippen LogP contribution in [-0.2, 0) is 17.7 Å². The fraction of sp³-hybridized carbons (Fsp3) is 0.500. The number of aromatic nitrogens is 3. The molecule has 0 radical (unpaired) electrons. The lowest BCUT2D eigenvalue weighted by Gasteiger charge is -2.19. The number of rotatable bonds is 5. The summed E-state index contributed by atoms with van der Waals surface area (Å²) in [5.74, 6) is 0. The van der Waals surface area contributed by atoms with Gasteiger partial charge in [-0.15, -0.1) is 11.3 Å². The van der Waals surface area contributed by atoms with Gasteiger partial charge in [-0.25, -0.2) is 14.8 Å². The monoisotopic (exact) mass is 308 g/mol. The molecule has 0 aromatic carbocycles. The number of ether oxygens (including phenoxy) is 1. The molecule has 0 saturated carbocycles. The second kappa shape index (κ2) is 6.71. The third-order valence-electron chi connectivity index (χ3n) is 2.66. The normalized spacial score (nSPS) is 11.4. The Morgan fingerprint density at radius 3 is 2.95 bits per heavy atom. The first kappa shape index (κ1) is 15.5. The van der Waals surface area contributed by atoms with Gasteiger partial charge in [0.25, 0.3) is 0 Å². The Balaban J connectivity index is 1.81. The van der Waals surface area contributed by atoms with Crippen molar-refractivity contribution in [2.45, 2.75) is 39.3 Å². The minimum absolute atomic E-state index is 0.395. The largest absolute Gasteiger partial charge is 0.444 e. The van der Waals surface area contributed by atoms with Crippen molar-refractivity contribution in [3.8, 4) is 0 Å². The lowest BCUT2D eigenvalue weighted by molar-refractivity contribution is 0.0528. The van der Waals surface area contributed by atoms with E-state index in [9.17, 15) is 4.79 Å². The van der Waals surface area contributed by atoms with E-state index < -0.39 is 11.7 Å². The number of hydrogen-bond donors (Lipinski definition) is 1. The predicted octanol–water partition coefficient (Wildman–Crippen LogP) is 2.46. The predicted molar refractivity (Wildman–Crippen MR) is 81.4 cm³/mol. The molecule has 0 saturated heterocycles. The zero-order valence-corrected chi connectivity index (χ0v) is 13.3. The molecule has 2 aromatic heterocycles. The van der Waals surface area contributed by atoms with E-state index in [-0.39, 0.29) is 0 Å². The van der Waals surface area contributed by atoms with Crippen molar-refractivity contribution in [1.29, 1.82) is 0 Å². The van der Waals surface area contributed by atoms with Crippen LogP contribution in [0.4, 0.5) is 4.79 Å². The minimum atomic E-state index is -0.476. The summed E-state index contributed by atoms with van der Waals surface area (Å²) in [6.07, 6.45) is 3.89. The summed E-state index contributed by atoms with van der Waals surface area (Å²) in [5.41, 5.74) is 3.41. The molecule has 0 fully saturated rings. The average Bonchev–Trinajstić information content (AvgIpc) is 3.00. The van der Waals surface area contributed by atoms with E-state index in [1.54, 1.807) is 17.7 Å². The highest BCUT2D eigenvalue weighted by Gasteiger charge is 2.15. The maximum absolute atomic E-state index is 11.6. The zero-order valence-electron chi connectivity index (χ0n) is 12.5. The van der Waals surface area contributed by atoms with Crippen LogP contribution in [0.15, 0.2) is 23.4 Å². The van der Waals surface area contributed by atoms with Crippen molar-refractivity contribution in [1.82, 2.24) is 19.9 Å². The molecule has 0 atom stereocenters. The Morgan fingerprint density at radius 1 is 1.48 bits per heavy atom. The lowest BCUT2D eigenvalue weighted by atomic mass is 10.2. The van der Waals surface area contributed by atoms with Crippen LogP contribution in [0.5, 0.6) is 0 Å². The van der Waals surface area contributed by atoms with E-state index in [0.29, 0.717) is 19.5 Å². The maximum atomic E-state index is 11.6. The molecule has 0 aliphatic rings. The topological polar surface area (TPSA) is 69.0 Å². The van der Waals surface area contributed by atoms with Gasteiger partial charge in [-0.05, 0) is 20.8 Å². The van der Waals surface area contributed by atoms with Gasteiger partial charge in [-0.1, -0.05) is 0 Å². The summed E-state index contributed by atoms with van der Waals surface area (Å²) in [7, 11) is 0. The molecular weight excluding hydrogens is 288 g/mol. The highest BCUT2D eigenvalue weighted by atomic mass is 32.1. The molecule has 2 rings (SSSR count). The van der Waals surface area contributed by atoms with E-state index >= 15 is 0 Å². The number of amides is 1. The molecule has 0 bridgehead atoms. The Hall–Kier alpha value is -1.89. The summed E-state index contributed by atoms with van der Waals surface area (Å²) in [6, 6.07) is 0. The van der Waals surface area contributed by atoms with Crippen molar-refractivity contribution >= 4 is 17.4 Å². The van der Waals surface area contributed by atoms with E-state index in [1.165, 1.54) is 0 Å². The van der Waals surface area contributed by atoms with Gasteiger partial charge in [0.15, 0.2) is 0 Å². The van der Waals surface area contributed by atoms with Gasteiger partial charge < -0.3 is 14.6 Å². The number of nitrogens with zero attached hydrogens (tertiary/aromatic N) is 3. The van der Waals surface area contributed by atoms with Crippen LogP contribution in [-0.4, -0.2) is 32.8 Å². The minimum Gasteiger partial charge on any atom is -0.444 e. The third-order valence-corrected chi connectivity index (χ3v) is 3.30. The molecule has 0 spiro atoms. The molecule has 21 heavy (non-hydrogen) atoms.